The number of aromatic carboxylic acids is 1. The Bertz CT molecular complexity index is 423. The molecule has 0 aliphatic carbocycles. The number of halogens is 2. The molecule has 0 unspecified atom stereocenters. The summed E-state index contributed by atoms with van der Waals surface area (Å²) in [5, 5.41) is 11.0. The average molecular weight is 229 g/mol. The normalized spacial score (nSPS) is 10.2. The van der Waals surface area contributed by atoms with Gasteiger partial charge in [0.1, 0.15) is 11.6 Å². The summed E-state index contributed by atoms with van der Waals surface area (Å²) in [5.41, 5.74) is -1.25. The number of likely N-dealkylation sites (N-methyl/N-ethyl adjacent to an activating group) is 1. The van der Waals surface area contributed by atoms with Crippen molar-refractivity contribution in [3.8, 4) is 0 Å². The summed E-state index contributed by atoms with van der Waals surface area (Å²) < 4.78 is 26.6. The third-order valence-corrected chi connectivity index (χ3v) is 1.91. The van der Waals surface area contributed by atoms with Gasteiger partial charge in [-0.15, -0.1) is 0 Å². The Hall–Kier alpha value is -1.82. The van der Waals surface area contributed by atoms with Crippen LogP contribution in [-0.2, 0) is 0 Å². The number of rotatable bonds is 4. The minimum absolute atomic E-state index is 0.222. The number of ketones is 1. The van der Waals surface area contributed by atoms with Crippen molar-refractivity contribution < 1.29 is 23.5 Å². The van der Waals surface area contributed by atoms with Gasteiger partial charge in [0, 0.05) is 0 Å². The molecule has 0 saturated carbocycles. The van der Waals surface area contributed by atoms with Gasteiger partial charge in [0.25, 0.3) is 0 Å². The molecular formula is C10H9F2NO3. The topological polar surface area (TPSA) is 66.4 Å². The molecule has 16 heavy (non-hydrogen) atoms. The van der Waals surface area contributed by atoms with Crippen molar-refractivity contribution in [3.05, 3.63) is 34.9 Å². The van der Waals surface area contributed by atoms with Crippen molar-refractivity contribution in [2.24, 2.45) is 0 Å². The molecule has 0 radical (unpaired) electrons. The second kappa shape index (κ2) is 4.80. The maximum atomic E-state index is 13.3. The van der Waals surface area contributed by atoms with E-state index in [-0.39, 0.29) is 6.54 Å². The Morgan fingerprint density at radius 2 is 1.81 bits per heavy atom. The lowest BCUT2D eigenvalue weighted by atomic mass is 10.1. The molecule has 0 fully saturated rings. The van der Waals surface area contributed by atoms with Crippen LogP contribution in [0.1, 0.15) is 20.7 Å². The van der Waals surface area contributed by atoms with Crippen molar-refractivity contribution in [1.82, 2.24) is 5.32 Å². The molecule has 0 spiro atoms. The zero-order valence-corrected chi connectivity index (χ0v) is 8.38. The number of hydrogen-bond acceptors (Lipinski definition) is 3. The summed E-state index contributed by atoms with van der Waals surface area (Å²) >= 11 is 0. The Morgan fingerprint density at radius 1 is 1.31 bits per heavy atom. The summed E-state index contributed by atoms with van der Waals surface area (Å²) in [6, 6.07) is 1.24. The summed E-state index contributed by atoms with van der Waals surface area (Å²) in [6.45, 7) is -0.222. The molecule has 0 saturated heterocycles. The van der Waals surface area contributed by atoms with E-state index >= 15 is 0 Å². The van der Waals surface area contributed by atoms with Gasteiger partial charge >= 0.3 is 5.97 Å². The minimum Gasteiger partial charge on any atom is -0.478 e. The Labute approximate surface area is 89.9 Å². The van der Waals surface area contributed by atoms with Crippen LogP contribution in [0, 0.1) is 11.6 Å². The molecule has 1 aromatic rings. The lowest BCUT2D eigenvalue weighted by Crippen LogP contribution is -2.21. The largest absolute Gasteiger partial charge is 0.478 e. The predicted octanol–water partition coefficient (Wildman–Crippen LogP) is 1.07. The second-order valence-electron chi connectivity index (χ2n) is 3.07. The molecule has 1 rings (SSSR count). The highest BCUT2D eigenvalue weighted by Gasteiger charge is 2.19. The van der Waals surface area contributed by atoms with Crippen LogP contribution < -0.4 is 5.32 Å². The van der Waals surface area contributed by atoms with E-state index in [0.717, 1.165) is 0 Å². The summed E-state index contributed by atoms with van der Waals surface area (Å²) in [7, 11) is 1.46. The van der Waals surface area contributed by atoms with Crippen LogP contribution in [0.15, 0.2) is 12.1 Å². The number of carbonyl (C=O) groups excluding carboxylic acids is 1. The van der Waals surface area contributed by atoms with Crippen molar-refractivity contribution in [1.29, 1.82) is 0 Å². The first kappa shape index (κ1) is 12.3. The quantitative estimate of drug-likeness (QED) is 0.758. The lowest BCUT2D eigenvalue weighted by Gasteiger charge is -2.05. The number of nitrogens with one attached hydrogen (secondary N) is 1. The van der Waals surface area contributed by atoms with E-state index in [9.17, 15) is 18.4 Å². The van der Waals surface area contributed by atoms with Gasteiger partial charge in [-0.05, 0) is 19.2 Å². The van der Waals surface area contributed by atoms with E-state index in [4.69, 9.17) is 5.11 Å². The first-order valence-electron chi connectivity index (χ1n) is 4.37. The zero-order chi connectivity index (χ0) is 12.3. The van der Waals surface area contributed by atoms with E-state index in [1.807, 2.05) is 0 Å². The van der Waals surface area contributed by atoms with Gasteiger partial charge in [0.2, 0.25) is 0 Å². The fraction of sp³-hybridized carbons (Fsp3) is 0.200. The first-order valence-corrected chi connectivity index (χ1v) is 4.37. The third-order valence-electron chi connectivity index (χ3n) is 1.91. The van der Waals surface area contributed by atoms with Gasteiger partial charge in [0.15, 0.2) is 5.78 Å². The third kappa shape index (κ3) is 2.40. The first-order chi connectivity index (χ1) is 7.47. The molecule has 86 valence electrons. The standard InChI is InChI=1S/C10H9F2NO3/c1-13-4-8(14)9-6(11)2-5(10(15)16)3-7(9)12/h2-3,13H,4H2,1H3,(H,15,16). The highest BCUT2D eigenvalue weighted by Crippen LogP contribution is 2.16. The van der Waals surface area contributed by atoms with Crippen LogP contribution in [-0.4, -0.2) is 30.5 Å². The lowest BCUT2D eigenvalue weighted by molar-refractivity contribution is 0.0695. The van der Waals surface area contributed by atoms with Gasteiger partial charge in [-0.1, -0.05) is 0 Å². The van der Waals surface area contributed by atoms with Crippen LogP contribution in [0.3, 0.4) is 0 Å². The van der Waals surface area contributed by atoms with Crippen LogP contribution in [0.2, 0.25) is 0 Å². The Balaban J connectivity index is 3.22. The molecule has 0 aromatic heterocycles. The Kier molecular flexibility index (Phi) is 3.68. The second-order valence-corrected chi connectivity index (χ2v) is 3.07. The minimum atomic E-state index is -1.45. The summed E-state index contributed by atoms with van der Waals surface area (Å²) in [5.74, 6) is -4.56. The van der Waals surface area contributed by atoms with Gasteiger partial charge in [-0.3, -0.25) is 4.79 Å². The maximum Gasteiger partial charge on any atom is 0.335 e. The molecule has 1 aromatic carbocycles. The molecule has 4 nitrogen and oxygen atoms in total. The van der Waals surface area contributed by atoms with Gasteiger partial charge in [0.05, 0.1) is 17.7 Å². The maximum absolute atomic E-state index is 13.3. The molecule has 0 aliphatic rings. The number of benzene rings is 1. The van der Waals surface area contributed by atoms with E-state index in [2.05, 4.69) is 5.32 Å². The van der Waals surface area contributed by atoms with Crippen molar-refractivity contribution in [3.63, 3.8) is 0 Å². The molecule has 0 bridgehead atoms. The molecule has 0 heterocycles. The number of carboxylic acid groups (broad SMARTS) is 1. The molecule has 0 aliphatic heterocycles. The summed E-state index contributed by atoms with van der Waals surface area (Å²) in [4.78, 5) is 21.8. The number of carboxylic acids is 1. The summed E-state index contributed by atoms with van der Waals surface area (Å²) in [6.07, 6.45) is 0. The number of Topliss-reactive ketones (excluding diaryl/α,β-unsaturated/α-hetero) is 1. The van der Waals surface area contributed by atoms with E-state index in [0.29, 0.717) is 12.1 Å². The SMILES string of the molecule is CNCC(=O)c1c(F)cc(C(=O)O)cc1F. The zero-order valence-electron chi connectivity index (χ0n) is 8.38. The van der Waals surface area contributed by atoms with Crippen molar-refractivity contribution in [2.45, 2.75) is 0 Å². The molecule has 0 amide bonds. The molecule has 6 heteroatoms. The van der Waals surface area contributed by atoms with Crippen molar-refractivity contribution >= 4 is 11.8 Å². The number of carbonyl (C=O) groups is 2. The Morgan fingerprint density at radius 3 is 2.19 bits per heavy atom. The van der Waals surface area contributed by atoms with Crippen LogP contribution in [0.5, 0.6) is 0 Å². The monoisotopic (exact) mass is 229 g/mol. The molecular weight excluding hydrogens is 220 g/mol. The number of hydrogen-bond donors (Lipinski definition) is 2. The smallest absolute Gasteiger partial charge is 0.335 e. The molecule has 2 N–H and O–H groups in total. The van der Waals surface area contributed by atoms with E-state index in [1.54, 1.807) is 0 Å². The van der Waals surface area contributed by atoms with Crippen molar-refractivity contribution in [2.75, 3.05) is 13.6 Å². The van der Waals surface area contributed by atoms with E-state index in [1.165, 1.54) is 7.05 Å². The van der Waals surface area contributed by atoms with Gasteiger partial charge in [-0.2, -0.15) is 0 Å². The van der Waals surface area contributed by atoms with E-state index < -0.39 is 34.5 Å². The highest BCUT2D eigenvalue weighted by atomic mass is 19.1. The van der Waals surface area contributed by atoms with Gasteiger partial charge < -0.3 is 10.4 Å². The fourth-order valence-corrected chi connectivity index (χ4v) is 1.21. The predicted molar refractivity (Wildman–Crippen MR) is 51.6 cm³/mol. The molecule has 0 atom stereocenters. The highest BCUT2D eigenvalue weighted by molar-refractivity contribution is 5.99. The van der Waals surface area contributed by atoms with Crippen LogP contribution in [0.4, 0.5) is 8.78 Å². The fourth-order valence-electron chi connectivity index (χ4n) is 1.21. The van der Waals surface area contributed by atoms with Crippen LogP contribution >= 0.6 is 0 Å². The van der Waals surface area contributed by atoms with Crippen LogP contribution in [0.25, 0.3) is 0 Å². The van der Waals surface area contributed by atoms with Gasteiger partial charge in [-0.25, -0.2) is 13.6 Å². The average Bonchev–Trinajstić information content (AvgIpc) is 2.16.